The van der Waals surface area contributed by atoms with Crippen LogP contribution in [0.1, 0.15) is 9.75 Å². The fraction of sp³-hybridized carbons (Fsp3) is 0.214. The number of carbonyl (C=O) groups excluding carboxylic acids is 1. The lowest BCUT2D eigenvalue weighted by Crippen LogP contribution is -2.02. The van der Waals surface area contributed by atoms with Gasteiger partial charge in [-0.2, -0.15) is 0 Å². The van der Waals surface area contributed by atoms with Crippen molar-refractivity contribution in [2.24, 2.45) is 0 Å². The number of methoxy groups -OCH3 is 1. The van der Waals surface area contributed by atoms with Crippen molar-refractivity contribution in [3.05, 3.63) is 50.1 Å². The van der Waals surface area contributed by atoms with Gasteiger partial charge in [0.25, 0.3) is 0 Å². The van der Waals surface area contributed by atoms with Crippen molar-refractivity contribution in [3.8, 4) is 0 Å². The summed E-state index contributed by atoms with van der Waals surface area (Å²) in [6, 6.07) is 9.24. The van der Waals surface area contributed by atoms with Crippen molar-refractivity contribution in [1.29, 1.82) is 0 Å². The van der Waals surface area contributed by atoms with Crippen molar-refractivity contribution in [1.82, 2.24) is 0 Å². The number of halogens is 2. The number of anilines is 1. The molecule has 0 aliphatic rings. The van der Waals surface area contributed by atoms with Gasteiger partial charge in [0.05, 0.1) is 24.2 Å². The zero-order chi connectivity index (χ0) is 14.5. The molecule has 2 aromatic rings. The molecule has 0 radical (unpaired) electrons. The maximum atomic E-state index is 11.2. The Kier molecular flexibility index (Phi) is 5.29. The second-order valence-corrected chi connectivity index (χ2v) is 6.20. The Morgan fingerprint density at radius 1 is 1.25 bits per heavy atom. The van der Waals surface area contributed by atoms with Crippen LogP contribution < -0.4 is 5.32 Å². The second-order valence-electron chi connectivity index (χ2n) is 4.10. The minimum atomic E-state index is -0.230. The maximum Gasteiger partial charge on any atom is 0.310 e. The number of nitrogens with one attached hydrogen (secondary N) is 1. The van der Waals surface area contributed by atoms with Crippen LogP contribution in [0.15, 0.2) is 30.3 Å². The average molecular weight is 330 g/mol. The topological polar surface area (TPSA) is 38.3 Å². The summed E-state index contributed by atoms with van der Waals surface area (Å²) in [5, 5.41) is 4.44. The molecule has 0 unspecified atom stereocenters. The van der Waals surface area contributed by atoms with E-state index >= 15 is 0 Å². The van der Waals surface area contributed by atoms with E-state index < -0.39 is 0 Å². The molecule has 0 atom stereocenters. The first-order valence-corrected chi connectivity index (χ1v) is 7.49. The average Bonchev–Trinajstić information content (AvgIpc) is 2.85. The molecule has 0 spiro atoms. The van der Waals surface area contributed by atoms with Crippen LogP contribution >= 0.6 is 34.5 Å². The van der Waals surface area contributed by atoms with Gasteiger partial charge in [-0.05, 0) is 30.3 Å². The maximum absolute atomic E-state index is 11.2. The fourth-order valence-corrected chi connectivity index (χ4v) is 3.06. The first-order chi connectivity index (χ1) is 9.58. The van der Waals surface area contributed by atoms with Crippen LogP contribution in [0.3, 0.4) is 0 Å². The van der Waals surface area contributed by atoms with Gasteiger partial charge in [-0.25, -0.2) is 0 Å². The molecule has 0 fully saturated rings. The third-order valence-corrected chi connectivity index (χ3v) is 4.28. The van der Waals surface area contributed by atoms with Gasteiger partial charge in [-0.1, -0.05) is 23.2 Å². The molecule has 0 saturated heterocycles. The Labute approximate surface area is 131 Å². The number of ether oxygens (including phenoxy) is 1. The highest BCUT2D eigenvalue weighted by atomic mass is 35.5. The molecule has 0 bridgehead atoms. The van der Waals surface area contributed by atoms with Crippen molar-refractivity contribution in [2.45, 2.75) is 13.0 Å². The lowest BCUT2D eigenvalue weighted by Gasteiger charge is -2.07. The highest BCUT2D eigenvalue weighted by Gasteiger charge is 2.07. The van der Waals surface area contributed by atoms with Gasteiger partial charge in [0.1, 0.15) is 0 Å². The summed E-state index contributed by atoms with van der Waals surface area (Å²) in [5.74, 6) is -0.230. The molecular formula is C14H13Cl2NO2S. The Hall–Kier alpha value is -1.23. The molecule has 20 heavy (non-hydrogen) atoms. The third-order valence-electron chi connectivity index (χ3n) is 2.65. The van der Waals surface area contributed by atoms with Crippen molar-refractivity contribution in [2.75, 3.05) is 12.4 Å². The summed E-state index contributed by atoms with van der Waals surface area (Å²) in [7, 11) is 1.39. The van der Waals surface area contributed by atoms with Gasteiger partial charge in [0.2, 0.25) is 0 Å². The van der Waals surface area contributed by atoms with E-state index in [2.05, 4.69) is 10.1 Å². The van der Waals surface area contributed by atoms with E-state index in [0.717, 1.165) is 15.4 Å². The standard InChI is InChI=1S/C14H13Cl2NO2S/c1-19-14(18)7-10-3-4-11(20-10)8-17-13-5-2-9(15)6-12(13)16/h2-6,17H,7-8H2,1H3. The van der Waals surface area contributed by atoms with E-state index in [4.69, 9.17) is 23.2 Å². The number of thiophene rings is 1. The fourth-order valence-electron chi connectivity index (χ4n) is 1.64. The molecule has 0 aliphatic carbocycles. The third kappa shape index (κ3) is 4.13. The van der Waals surface area contributed by atoms with Crippen LogP contribution in [0.25, 0.3) is 0 Å². The first kappa shape index (κ1) is 15.2. The predicted octanol–water partition coefficient (Wildman–Crippen LogP) is 4.38. The van der Waals surface area contributed by atoms with E-state index in [9.17, 15) is 4.79 Å². The number of carbonyl (C=O) groups is 1. The van der Waals surface area contributed by atoms with Gasteiger partial charge in [-0.15, -0.1) is 11.3 Å². The predicted molar refractivity (Wildman–Crippen MR) is 83.8 cm³/mol. The minimum Gasteiger partial charge on any atom is -0.469 e. The quantitative estimate of drug-likeness (QED) is 0.827. The second kappa shape index (κ2) is 6.97. The van der Waals surface area contributed by atoms with Crippen LogP contribution in [-0.2, 0) is 22.5 Å². The van der Waals surface area contributed by atoms with Crippen molar-refractivity contribution >= 4 is 46.2 Å². The van der Waals surface area contributed by atoms with Gasteiger partial charge < -0.3 is 10.1 Å². The summed E-state index contributed by atoms with van der Waals surface area (Å²) >= 11 is 13.5. The van der Waals surface area contributed by atoms with E-state index in [1.807, 2.05) is 18.2 Å². The normalized spacial score (nSPS) is 10.3. The number of esters is 1. The van der Waals surface area contributed by atoms with Crippen LogP contribution in [0.5, 0.6) is 0 Å². The smallest absolute Gasteiger partial charge is 0.310 e. The monoisotopic (exact) mass is 329 g/mol. The molecule has 3 nitrogen and oxygen atoms in total. The molecule has 1 aromatic carbocycles. The van der Waals surface area contributed by atoms with Gasteiger partial charge >= 0.3 is 5.97 Å². The van der Waals surface area contributed by atoms with Crippen LogP contribution in [0, 0.1) is 0 Å². The zero-order valence-electron chi connectivity index (χ0n) is 10.8. The summed E-state index contributed by atoms with van der Waals surface area (Å²) in [6.45, 7) is 0.646. The number of rotatable bonds is 5. The summed E-state index contributed by atoms with van der Waals surface area (Å²) < 4.78 is 4.64. The summed E-state index contributed by atoms with van der Waals surface area (Å²) in [4.78, 5) is 13.3. The SMILES string of the molecule is COC(=O)Cc1ccc(CNc2ccc(Cl)cc2Cl)s1. The Morgan fingerprint density at radius 3 is 2.70 bits per heavy atom. The number of hydrogen-bond donors (Lipinski definition) is 1. The van der Waals surface area contributed by atoms with E-state index in [-0.39, 0.29) is 5.97 Å². The molecule has 6 heteroatoms. The molecule has 0 aliphatic heterocycles. The Bertz CT molecular complexity index is 613. The van der Waals surface area contributed by atoms with E-state index in [1.165, 1.54) is 7.11 Å². The first-order valence-electron chi connectivity index (χ1n) is 5.92. The molecule has 0 amide bonds. The number of hydrogen-bond acceptors (Lipinski definition) is 4. The molecular weight excluding hydrogens is 317 g/mol. The van der Waals surface area contributed by atoms with Crippen molar-refractivity contribution in [3.63, 3.8) is 0 Å². The van der Waals surface area contributed by atoms with Crippen molar-refractivity contribution < 1.29 is 9.53 Å². The van der Waals surface area contributed by atoms with Crippen LogP contribution in [0.4, 0.5) is 5.69 Å². The highest BCUT2D eigenvalue weighted by molar-refractivity contribution is 7.12. The Morgan fingerprint density at radius 2 is 2.00 bits per heavy atom. The molecule has 1 N–H and O–H groups in total. The Balaban J connectivity index is 1.95. The van der Waals surface area contributed by atoms with E-state index in [1.54, 1.807) is 23.5 Å². The zero-order valence-corrected chi connectivity index (χ0v) is 13.1. The van der Waals surface area contributed by atoms with E-state index in [0.29, 0.717) is 23.0 Å². The molecule has 1 aromatic heterocycles. The molecule has 2 rings (SSSR count). The summed E-state index contributed by atoms with van der Waals surface area (Å²) in [5.41, 5.74) is 0.832. The van der Waals surface area contributed by atoms with Gasteiger partial charge in [-0.3, -0.25) is 4.79 Å². The minimum absolute atomic E-state index is 0.230. The van der Waals surface area contributed by atoms with Gasteiger partial charge in [0.15, 0.2) is 0 Å². The molecule has 0 saturated carbocycles. The molecule has 106 valence electrons. The number of benzene rings is 1. The highest BCUT2D eigenvalue weighted by Crippen LogP contribution is 2.26. The van der Waals surface area contributed by atoms with Crippen LogP contribution in [-0.4, -0.2) is 13.1 Å². The summed E-state index contributed by atoms with van der Waals surface area (Å²) in [6.07, 6.45) is 0.308. The largest absolute Gasteiger partial charge is 0.469 e. The lowest BCUT2D eigenvalue weighted by atomic mass is 10.3. The molecule has 1 heterocycles. The van der Waals surface area contributed by atoms with Gasteiger partial charge in [0, 0.05) is 21.3 Å². The lowest BCUT2D eigenvalue weighted by molar-refractivity contribution is -0.139. The van der Waals surface area contributed by atoms with Crippen LogP contribution in [0.2, 0.25) is 10.0 Å².